The minimum atomic E-state index is 0.642. The van der Waals surface area contributed by atoms with Gasteiger partial charge in [-0.1, -0.05) is 32.9 Å². The summed E-state index contributed by atoms with van der Waals surface area (Å²) in [5, 5.41) is 4.74. The Morgan fingerprint density at radius 2 is 2.11 bits per heavy atom. The Bertz CT molecular complexity index is 545. The predicted octanol–water partition coefficient (Wildman–Crippen LogP) is 4.74. The largest absolute Gasteiger partial charge is 0.458 e. The minimum absolute atomic E-state index is 0.642. The Kier molecular flexibility index (Phi) is 5.28. The van der Waals surface area contributed by atoms with Crippen LogP contribution in [0, 0.1) is 9.49 Å². The van der Waals surface area contributed by atoms with Crippen molar-refractivity contribution in [2.24, 2.45) is 5.92 Å². The Morgan fingerprint density at radius 1 is 1.32 bits per heavy atom. The van der Waals surface area contributed by atoms with Crippen molar-refractivity contribution in [1.29, 1.82) is 0 Å². The van der Waals surface area contributed by atoms with Gasteiger partial charge in [-0.15, -0.1) is 0 Å². The first-order chi connectivity index (χ1) is 9.13. The van der Waals surface area contributed by atoms with Gasteiger partial charge in [0.25, 0.3) is 0 Å². The molecule has 104 valence electrons. The van der Waals surface area contributed by atoms with E-state index in [0.29, 0.717) is 5.92 Å². The van der Waals surface area contributed by atoms with E-state index in [1.807, 2.05) is 0 Å². The third kappa shape index (κ3) is 3.51. The smallest absolute Gasteiger partial charge is 0.147 e. The van der Waals surface area contributed by atoms with E-state index in [0.717, 1.165) is 37.3 Å². The van der Waals surface area contributed by atoms with Gasteiger partial charge in [-0.2, -0.15) is 0 Å². The monoisotopic (exact) mass is 371 g/mol. The third-order valence-corrected chi connectivity index (χ3v) is 4.03. The second-order valence-electron chi connectivity index (χ2n) is 5.40. The molecule has 0 saturated carbocycles. The lowest BCUT2D eigenvalue weighted by atomic mass is 10.00. The van der Waals surface area contributed by atoms with Gasteiger partial charge in [0, 0.05) is 10.9 Å². The molecule has 0 saturated heterocycles. The summed E-state index contributed by atoms with van der Waals surface area (Å²) < 4.78 is 7.30. The summed E-state index contributed by atoms with van der Waals surface area (Å²) in [6.45, 7) is 8.57. The highest BCUT2D eigenvalue weighted by molar-refractivity contribution is 14.1. The number of rotatable bonds is 6. The van der Waals surface area contributed by atoms with Crippen LogP contribution in [0.2, 0.25) is 0 Å². The highest BCUT2D eigenvalue weighted by atomic mass is 127. The third-order valence-electron chi connectivity index (χ3n) is 3.18. The molecule has 0 radical (unpaired) electrons. The van der Waals surface area contributed by atoms with Gasteiger partial charge in [-0.25, -0.2) is 0 Å². The molecule has 1 aromatic heterocycles. The maximum absolute atomic E-state index is 6.11. The summed E-state index contributed by atoms with van der Waals surface area (Å²) in [6, 6.07) is 6.41. The molecular weight excluding hydrogens is 349 g/mol. The molecule has 2 nitrogen and oxygen atoms in total. The fraction of sp³-hybridized carbons (Fsp3) is 0.500. The topological polar surface area (TPSA) is 25.2 Å². The van der Waals surface area contributed by atoms with Crippen LogP contribution in [-0.2, 0) is 13.0 Å². The first kappa shape index (κ1) is 14.9. The molecule has 0 atom stereocenters. The van der Waals surface area contributed by atoms with Crippen LogP contribution in [0.3, 0.4) is 0 Å². The van der Waals surface area contributed by atoms with Gasteiger partial charge in [0.15, 0.2) is 0 Å². The van der Waals surface area contributed by atoms with Crippen LogP contribution in [0.5, 0.6) is 0 Å². The molecule has 1 aromatic carbocycles. The van der Waals surface area contributed by atoms with Gasteiger partial charge < -0.3 is 9.73 Å². The van der Waals surface area contributed by atoms with Gasteiger partial charge in [-0.3, -0.25) is 0 Å². The van der Waals surface area contributed by atoms with E-state index in [-0.39, 0.29) is 0 Å². The zero-order chi connectivity index (χ0) is 13.8. The molecule has 0 spiro atoms. The summed E-state index contributed by atoms with van der Waals surface area (Å²) in [6.07, 6.45) is 2.23. The normalized spacial score (nSPS) is 11.6. The lowest BCUT2D eigenvalue weighted by molar-refractivity contribution is 0.500. The first-order valence-corrected chi connectivity index (χ1v) is 8.10. The van der Waals surface area contributed by atoms with Crippen molar-refractivity contribution in [3.63, 3.8) is 0 Å². The summed E-state index contributed by atoms with van der Waals surface area (Å²) in [5.74, 6) is 1.75. The van der Waals surface area contributed by atoms with Gasteiger partial charge >= 0.3 is 0 Å². The van der Waals surface area contributed by atoms with Crippen molar-refractivity contribution >= 4 is 33.6 Å². The van der Waals surface area contributed by atoms with Crippen LogP contribution in [-0.4, -0.2) is 6.54 Å². The van der Waals surface area contributed by atoms with Crippen molar-refractivity contribution < 1.29 is 4.42 Å². The van der Waals surface area contributed by atoms with Crippen molar-refractivity contribution in [1.82, 2.24) is 5.32 Å². The molecule has 1 N–H and O–H groups in total. The van der Waals surface area contributed by atoms with Crippen LogP contribution < -0.4 is 5.32 Å². The van der Waals surface area contributed by atoms with Crippen LogP contribution in [0.25, 0.3) is 11.0 Å². The fourth-order valence-corrected chi connectivity index (χ4v) is 2.95. The maximum atomic E-state index is 6.11. The average molecular weight is 371 g/mol. The number of hydrogen-bond donors (Lipinski definition) is 1. The standard InChI is InChI=1S/C16H22INO/c1-4-8-18-10-15-13(9-11(2)3)12-6-5-7-14(17)16(12)19-15/h5-7,11,18H,4,8-10H2,1-3H3. The molecule has 0 aliphatic heterocycles. The lowest BCUT2D eigenvalue weighted by Crippen LogP contribution is -2.14. The highest BCUT2D eigenvalue weighted by Gasteiger charge is 2.16. The van der Waals surface area contributed by atoms with Crippen molar-refractivity contribution in [3.05, 3.63) is 33.1 Å². The van der Waals surface area contributed by atoms with E-state index in [9.17, 15) is 0 Å². The van der Waals surface area contributed by atoms with Crippen LogP contribution in [0.4, 0.5) is 0 Å². The van der Waals surface area contributed by atoms with Crippen molar-refractivity contribution in [2.45, 2.75) is 40.2 Å². The Hall–Kier alpha value is -0.550. The summed E-state index contributed by atoms with van der Waals surface area (Å²) in [7, 11) is 0. The summed E-state index contributed by atoms with van der Waals surface area (Å²) >= 11 is 2.35. The van der Waals surface area contributed by atoms with Crippen LogP contribution in [0.1, 0.15) is 38.5 Å². The SMILES string of the molecule is CCCNCc1oc2c(I)cccc2c1CC(C)C. The van der Waals surface area contributed by atoms with Gasteiger partial charge in [0.05, 0.1) is 10.1 Å². The molecule has 0 bridgehead atoms. The number of furan rings is 1. The average Bonchev–Trinajstić information content (AvgIpc) is 2.69. The van der Waals surface area contributed by atoms with Crippen LogP contribution >= 0.6 is 22.6 Å². The van der Waals surface area contributed by atoms with E-state index in [4.69, 9.17) is 4.42 Å². The molecule has 1 heterocycles. The predicted molar refractivity (Wildman–Crippen MR) is 89.5 cm³/mol. The van der Waals surface area contributed by atoms with Gasteiger partial charge in [0.2, 0.25) is 0 Å². The van der Waals surface area contributed by atoms with Crippen molar-refractivity contribution in [3.8, 4) is 0 Å². The van der Waals surface area contributed by atoms with Crippen LogP contribution in [0.15, 0.2) is 22.6 Å². The fourth-order valence-electron chi connectivity index (χ4n) is 2.34. The number of halogens is 1. The van der Waals surface area contributed by atoms with Gasteiger partial charge in [0.1, 0.15) is 11.3 Å². The molecule has 0 amide bonds. The van der Waals surface area contributed by atoms with Gasteiger partial charge in [-0.05, 0) is 54.0 Å². The molecule has 2 aromatic rings. The number of benzene rings is 1. The summed E-state index contributed by atoms with van der Waals surface area (Å²) in [4.78, 5) is 0. The number of hydrogen-bond acceptors (Lipinski definition) is 2. The number of fused-ring (bicyclic) bond motifs is 1. The number of para-hydroxylation sites is 1. The molecule has 0 aliphatic carbocycles. The van der Waals surface area contributed by atoms with E-state index in [2.05, 4.69) is 66.9 Å². The highest BCUT2D eigenvalue weighted by Crippen LogP contribution is 2.31. The lowest BCUT2D eigenvalue weighted by Gasteiger charge is -2.06. The second kappa shape index (κ2) is 6.75. The minimum Gasteiger partial charge on any atom is -0.458 e. The Morgan fingerprint density at radius 3 is 2.79 bits per heavy atom. The molecule has 0 aliphatic rings. The number of nitrogens with one attached hydrogen (secondary N) is 1. The molecule has 19 heavy (non-hydrogen) atoms. The molecule has 0 unspecified atom stereocenters. The Labute approximate surface area is 129 Å². The van der Waals surface area contributed by atoms with E-state index < -0.39 is 0 Å². The molecule has 2 rings (SSSR count). The van der Waals surface area contributed by atoms with E-state index in [1.165, 1.54) is 14.5 Å². The molecule has 3 heteroatoms. The molecule has 0 fully saturated rings. The molecular formula is C16H22INO. The summed E-state index contributed by atoms with van der Waals surface area (Å²) in [5.41, 5.74) is 2.43. The first-order valence-electron chi connectivity index (χ1n) is 7.03. The van der Waals surface area contributed by atoms with E-state index in [1.54, 1.807) is 0 Å². The maximum Gasteiger partial charge on any atom is 0.147 e. The van der Waals surface area contributed by atoms with E-state index >= 15 is 0 Å². The zero-order valence-corrected chi connectivity index (χ0v) is 14.1. The quantitative estimate of drug-likeness (QED) is 0.586. The zero-order valence-electron chi connectivity index (χ0n) is 11.9. The van der Waals surface area contributed by atoms with Crippen molar-refractivity contribution in [2.75, 3.05) is 6.54 Å². The second-order valence-corrected chi connectivity index (χ2v) is 6.56. The Balaban J connectivity index is 2.39.